The number of nitrogens with one attached hydrogen (secondary N) is 1. The van der Waals surface area contributed by atoms with E-state index in [1.165, 1.54) is 0 Å². The van der Waals surface area contributed by atoms with Crippen LogP contribution in [0.4, 0.5) is 0 Å². The maximum Gasteiger partial charge on any atom is 0.220 e. The van der Waals surface area contributed by atoms with Crippen molar-refractivity contribution in [1.29, 1.82) is 0 Å². The van der Waals surface area contributed by atoms with E-state index in [0.29, 0.717) is 18.9 Å². The molecule has 5 nitrogen and oxygen atoms in total. The third kappa shape index (κ3) is 3.37. The first-order valence-electron chi connectivity index (χ1n) is 7.20. The Morgan fingerprint density at radius 1 is 1.38 bits per heavy atom. The summed E-state index contributed by atoms with van der Waals surface area (Å²) in [6.07, 6.45) is 12.3. The van der Waals surface area contributed by atoms with Crippen molar-refractivity contribution >= 4 is 5.91 Å². The fourth-order valence-electron chi connectivity index (χ4n) is 2.54. The van der Waals surface area contributed by atoms with Crippen LogP contribution in [0.15, 0.2) is 48.9 Å². The summed E-state index contributed by atoms with van der Waals surface area (Å²) in [4.78, 5) is 16.3. The van der Waals surface area contributed by atoms with Crippen LogP contribution in [-0.4, -0.2) is 20.7 Å². The standard InChI is InChI=1S/C16H18N4O/c21-15(11-13-5-1-2-6-13)18-12-14-7-3-8-17-16(14)20-10-4-9-19-20/h1,3-5,7-10,13H,2,6,11-12H2,(H,18,21)/t13-/m0/s1. The average molecular weight is 282 g/mol. The van der Waals surface area contributed by atoms with Crippen LogP contribution in [0.3, 0.4) is 0 Å². The molecule has 1 N–H and O–H groups in total. The zero-order valence-electron chi connectivity index (χ0n) is 11.8. The zero-order valence-corrected chi connectivity index (χ0v) is 11.8. The van der Waals surface area contributed by atoms with E-state index in [-0.39, 0.29) is 5.91 Å². The molecule has 21 heavy (non-hydrogen) atoms. The molecule has 0 unspecified atom stereocenters. The molecule has 5 heteroatoms. The van der Waals surface area contributed by atoms with E-state index in [2.05, 4.69) is 27.6 Å². The second-order valence-electron chi connectivity index (χ2n) is 5.18. The minimum atomic E-state index is 0.0850. The van der Waals surface area contributed by atoms with Crippen molar-refractivity contribution in [2.24, 2.45) is 5.92 Å². The molecule has 0 aliphatic heterocycles. The van der Waals surface area contributed by atoms with Gasteiger partial charge in [-0.25, -0.2) is 9.67 Å². The molecule has 1 aliphatic rings. The molecule has 3 rings (SSSR count). The molecule has 0 saturated carbocycles. The van der Waals surface area contributed by atoms with Crippen LogP contribution in [0.25, 0.3) is 5.82 Å². The Balaban J connectivity index is 1.62. The summed E-state index contributed by atoms with van der Waals surface area (Å²) < 4.78 is 1.71. The Kier molecular flexibility index (Phi) is 4.09. The highest BCUT2D eigenvalue weighted by molar-refractivity contribution is 5.76. The van der Waals surface area contributed by atoms with Gasteiger partial charge in [0, 0.05) is 37.1 Å². The summed E-state index contributed by atoms with van der Waals surface area (Å²) in [5, 5.41) is 7.16. The summed E-state index contributed by atoms with van der Waals surface area (Å²) in [7, 11) is 0. The number of rotatable bonds is 5. The van der Waals surface area contributed by atoms with Gasteiger partial charge in [-0.3, -0.25) is 4.79 Å². The van der Waals surface area contributed by atoms with Gasteiger partial charge in [-0.15, -0.1) is 0 Å². The van der Waals surface area contributed by atoms with Crippen LogP contribution in [0.1, 0.15) is 24.8 Å². The van der Waals surface area contributed by atoms with Crippen molar-refractivity contribution in [2.45, 2.75) is 25.8 Å². The zero-order chi connectivity index (χ0) is 14.5. The topological polar surface area (TPSA) is 59.8 Å². The maximum absolute atomic E-state index is 12.0. The van der Waals surface area contributed by atoms with Gasteiger partial charge < -0.3 is 5.32 Å². The van der Waals surface area contributed by atoms with Crippen molar-refractivity contribution in [3.63, 3.8) is 0 Å². The van der Waals surface area contributed by atoms with Gasteiger partial charge in [0.05, 0.1) is 0 Å². The lowest BCUT2D eigenvalue weighted by atomic mass is 10.1. The van der Waals surface area contributed by atoms with Crippen molar-refractivity contribution in [1.82, 2.24) is 20.1 Å². The molecule has 0 saturated heterocycles. The molecule has 0 radical (unpaired) electrons. The van der Waals surface area contributed by atoms with Gasteiger partial charge in [0.2, 0.25) is 5.91 Å². The van der Waals surface area contributed by atoms with Gasteiger partial charge in [-0.2, -0.15) is 5.10 Å². The quantitative estimate of drug-likeness (QED) is 0.856. The lowest BCUT2D eigenvalue weighted by Crippen LogP contribution is -2.25. The minimum Gasteiger partial charge on any atom is -0.352 e. The van der Waals surface area contributed by atoms with Crippen LogP contribution in [-0.2, 0) is 11.3 Å². The highest BCUT2D eigenvalue weighted by atomic mass is 16.1. The Morgan fingerprint density at radius 2 is 2.33 bits per heavy atom. The lowest BCUT2D eigenvalue weighted by molar-refractivity contribution is -0.121. The van der Waals surface area contributed by atoms with Gasteiger partial charge in [-0.05, 0) is 30.9 Å². The average Bonchev–Trinajstić information content (AvgIpc) is 3.18. The van der Waals surface area contributed by atoms with Gasteiger partial charge in [-0.1, -0.05) is 18.2 Å². The molecule has 0 bridgehead atoms. The number of pyridine rings is 1. The number of nitrogens with zero attached hydrogens (tertiary/aromatic N) is 3. The molecular formula is C16H18N4O. The molecule has 1 amide bonds. The minimum absolute atomic E-state index is 0.0850. The second-order valence-corrected chi connectivity index (χ2v) is 5.18. The number of carbonyl (C=O) groups excluding carboxylic acids is 1. The smallest absolute Gasteiger partial charge is 0.220 e. The third-order valence-corrected chi connectivity index (χ3v) is 3.62. The maximum atomic E-state index is 12.0. The van der Waals surface area contributed by atoms with Crippen molar-refractivity contribution in [3.8, 4) is 5.82 Å². The van der Waals surface area contributed by atoms with Crippen LogP contribution in [0.5, 0.6) is 0 Å². The number of carbonyl (C=O) groups is 1. The highest BCUT2D eigenvalue weighted by Crippen LogP contribution is 2.20. The molecule has 0 fully saturated rings. The SMILES string of the molecule is O=C(C[C@H]1C=CCC1)NCc1cccnc1-n1cccn1. The molecule has 108 valence electrons. The fourth-order valence-corrected chi connectivity index (χ4v) is 2.54. The summed E-state index contributed by atoms with van der Waals surface area (Å²) in [5.74, 6) is 1.23. The normalized spacial score (nSPS) is 17.0. The number of aromatic nitrogens is 3. The first kappa shape index (κ1) is 13.5. The molecular weight excluding hydrogens is 264 g/mol. The first-order chi connectivity index (χ1) is 10.3. The van der Waals surface area contributed by atoms with E-state index in [1.54, 1.807) is 17.1 Å². The Labute approximate surface area is 123 Å². The number of hydrogen-bond donors (Lipinski definition) is 1. The van der Waals surface area contributed by atoms with Gasteiger partial charge in [0.25, 0.3) is 0 Å². The predicted octanol–water partition coefficient (Wildman–Crippen LogP) is 2.24. The Morgan fingerprint density at radius 3 is 3.10 bits per heavy atom. The van der Waals surface area contributed by atoms with Crippen LogP contribution in [0.2, 0.25) is 0 Å². The van der Waals surface area contributed by atoms with Crippen molar-refractivity contribution in [2.75, 3.05) is 0 Å². The predicted molar refractivity (Wildman–Crippen MR) is 79.7 cm³/mol. The van der Waals surface area contributed by atoms with Crippen molar-refractivity contribution in [3.05, 3.63) is 54.5 Å². The van der Waals surface area contributed by atoms with E-state index in [1.807, 2.05) is 24.4 Å². The number of hydrogen-bond acceptors (Lipinski definition) is 3. The monoisotopic (exact) mass is 282 g/mol. The van der Waals surface area contributed by atoms with E-state index in [0.717, 1.165) is 24.2 Å². The molecule has 2 aromatic rings. The van der Waals surface area contributed by atoms with E-state index in [4.69, 9.17) is 0 Å². The Bertz CT molecular complexity index is 633. The summed E-state index contributed by atoms with van der Waals surface area (Å²) >= 11 is 0. The largest absolute Gasteiger partial charge is 0.352 e. The number of allylic oxidation sites excluding steroid dienone is 2. The summed E-state index contributed by atoms with van der Waals surface area (Å²) in [6, 6.07) is 5.68. The molecule has 2 heterocycles. The van der Waals surface area contributed by atoms with Crippen molar-refractivity contribution < 1.29 is 4.79 Å². The van der Waals surface area contributed by atoms with Gasteiger partial charge in [0.1, 0.15) is 0 Å². The van der Waals surface area contributed by atoms with Gasteiger partial charge in [0.15, 0.2) is 5.82 Å². The lowest BCUT2D eigenvalue weighted by Gasteiger charge is -2.11. The molecule has 1 aliphatic carbocycles. The van der Waals surface area contributed by atoms with E-state index in [9.17, 15) is 4.79 Å². The fraction of sp³-hybridized carbons (Fsp3) is 0.312. The second kappa shape index (κ2) is 6.35. The van der Waals surface area contributed by atoms with Crippen LogP contribution < -0.4 is 5.32 Å². The summed E-state index contributed by atoms with van der Waals surface area (Å²) in [6.45, 7) is 0.471. The first-order valence-corrected chi connectivity index (χ1v) is 7.20. The van der Waals surface area contributed by atoms with Gasteiger partial charge >= 0.3 is 0 Å². The van der Waals surface area contributed by atoms with Crippen LogP contribution in [0, 0.1) is 5.92 Å². The third-order valence-electron chi connectivity index (χ3n) is 3.62. The highest BCUT2D eigenvalue weighted by Gasteiger charge is 2.14. The van der Waals surface area contributed by atoms with Crippen LogP contribution >= 0.6 is 0 Å². The molecule has 1 atom stereocenters. The Hall–Kier alpha value is -2.43. The molecule has 2 aromatic heterocycles. The number of amides is 1. The molecule has 0 aromatic carbocycles. The van der Waals surface area contributed by atoms with E-state index < -0.39 is 0 Å². The summed E-state index contributed by atoms with van der Waals surface area (Å²) in [5.41, 5.74) is 0.955. The van der Waals surface area contributed by atoms with E-state index >= 15 is 0 Å². The molecule has 0 spiro atoms.